The lowest BCUT2D eigenvalue weighted by Gasteiger charge is -2.26. The van der Waals surface area contributed by atoms with Gasteiger partial charge in [-0.3, -0.25) is 14.6 Å². The summed E-state index contributed by atoms with van der Waals surface area (Å²) < 4.78 is 0. The average molecular weight is 300 g/mol. The molecular weight excluding hydrogens is 280 g/mol. The summed E-state index contributed by atoms with van der Waals surface area (Å²) in [5.74, 6) is 0.0561. The van der Waals surface area contributed by atoms with E-state index in [0.29, 0.717) is 24.6 Å². The van der Waals surface area contributed by atoms with E-state index >= 15 is 0 Å². The van der Waals surface area contributed by atoms with Crippen LogP contribution in [0.5, 0.6) is 0 Å². The van der Waals surface area contributed by atoms with Crippen LogP contribution in [0, 0.1) is 24.7 Å². The smallest absolute Gasteiger partial charge is 0.307 e. The van der Waals surface area contributed by atoms with Crippen LogP contribution in [-0.4, -0.2) is 40.0 Å². The molecule has 2 aliphatic carbocycles. The van der Waals surface area contributed by atoms with Crippen molar-refractivity contribution in [1.29, 1.82) is 0 Å². The van der Waals surface area contributed by atoms with Crippen molar-refractivity contribution in [3.63, 3.8) is 0 Å². The summed E-state index contributed by atoms with van der Waals surface area (Å²) in [5.41, 5.74) is 2.74. The van der Waals surface area contributed by atoms with E-state index in [-0.39, 0.29) is 23.7 Å². The molecular formula is C17H20N2O3. The van der Waals surface area contributed by atoms with Gasteiger partial charge in [-0.1, -0.05) is 0 Å². The molecule has 116 valence electrons. The zero-order chi connectivity index (χ0) is 15.4. The predicted molar refractivity (Wildman–Crippen MR) is 79.6 cm³/mol. The molecule has 0 bridgehead atoms. The number of amides is 1. The summed E-state index contributed by atoms with van der Waals surface area (Å²) in [6.45, 7) is 3.20. The molecule has 2 heterocycles. The standard InChI is InChI=1S/C17H20N2O3/c1-9-6-14(10-2-3-10)18-7-12(9)16(20)19-5-4-11-13(8-19)15(11)17(21)22/h6-7,10-11,13,15H,2-5,8H2,1H3,(H,21,22)/t11-,13+,15-/m0/s1. The first kappa shape index (κ1) is 13.7. The number of carboxylic acid groups (broad SMARTS) is 1. The van der Waals surface area contributed by atoms with E-state index in [1.165, 1.54) is 12.8 Å². The van der Waals surface area contributed by atoms with Crippen LogP contribution in [0.25, 0.3) is 0 Å². The van der Waals surface area contributed by atoms with Gasteiger partial charge >= 0.3 is 5.97 Å². The van der Waals surface area contributed by atoms with Gasteiger partial charge < -0.3 is 10.0 Å². The zero-order valence-electron chi connectivity index (χ0n) is 12.7. The summed E-state index contributed by atoms with van der Waals surface area (Å²) in [4.78, 5) is 30.1. The third-order valence-corrected chi connectivity index (χ3v) is 5.43. The van der Waals surface area contributed by atoms with Crippen molar-refractivity contribution in [2.24, 2.45) is 17.8 Å². The number of carboxylic acids is 1. The molecule has 0 unspecified atom stereocenters. The van der Waals surface area contributed by atoms with Crippen LogP contribution < -0.4 is 0 Å². The normalized spacial score (nSPS) is 29.9. The SMILES string of the molecule is Cc1cc(C2CC2)ncc1C(=O)N1CC[C@H]2[C@@H](C1)[C@H]2C(=O)O. The first-order chi connectivity index (χ1) is 10.6. The fraction of sp³-hybridized carbons (Fsp3) is 0.588. The molecule has 0 spiro atoms. The minimum Gasteiger partial charge on any atom is -0.481 e. The molecule has 4 rings (SSSR count). The quantitative estimate of drug-likeness (QED) is 0.927. The highest BCUT2D eigenvalue weighted by atomic mass is 16.4. The molecule has 1 saturated heterocycles. The summed E-state index contributed by atoms with van der Waals surface area (Å²) >= 11 is 0. The van der Waals surface area contributed by atoms with Gasteiger partial charge in [0.15, 0.2) is 0 Å². The Morgan fingerprint density at radius 2 is 2.05 bits per heavy atom. The molecule has 1 amide bonds. The number of nitrogens with zero attached hydrogens (tertiary/aromatic N) is 2. The largest absolute Gasteiger partial charge is 0.481 e. The number of aliphatic carboxylic acids is 1. The zero-order valence-corrected chi connectivity index (χ0v) is 12.7. The Balaban J connectivity index is 1.49. The third-order valence-electron chi connectivity index (χ3n) is 5.43. The molecule has 1 aromatic heterocycles. The number of aryl methyl sites for hydroxylation is 1. The Morgan fingerprint density at radius 1 is 1.27 bits per heavy atom. The van der Waals surface area contributed by atoms with Crippen molar-refractivity contribution in [1.82, 2.24) is 9.88 Å². The minimum absolute atomic E-state index is 0.00170. The van der Waals surface area contributed by atoms with Gasteiger partial charge in [0.05, 0.1) is 11.5 Å². The second kappa shape index (κ2) is 4.80. The highest BCUT2D eigenvalue weighted by molar-refractivity contribution is 5.95. The van der Waals surface area contributed by atoms with Gasteiger partial charge in [-0.25, -0.2) is 0 Å². The molecule has 1 N–H and O–H groups in total. The van der Waals surface area contributed by atoms with E-state index in [1.54, 1.807) is 6.20 Å². The van der Waals surface area contributed by atoms with Crippen molar-refractivity contribution in [2.75, 3.05) is 13.1 Å². The van der Waals surface area contributed by atoms with Crippen LogP contribution in [0.4, 0.5) is 0 Å². The van der Waals surface area contributed by atoms with E-state index in [1.807, 2.05) is 17.9 Å². The van der Waals surface area contributed by atoms with Crippen LogP contribution in [0.15, 0.2) is 12.3 Å². The Hall–Kier alpha value is -1.91. The highest BCUT2D eigenvalue weighted by Gasteiger charge is 2.57. The van der Waals surface area contributed by atoms with Gasteiger partial charge in [-0.05, 0) is 49.7 Å². The van der Waals surface area contributed by atoms with Crippen molar-refractivity contribution < 1.29 is 14.7 Å². The Morgan fingerprint density at radius 3 is 2.68 bits per heavy atom. The molecule has 5 nitrogen and oxygen atoms in total. The second-order valence-corrected chi connectivity index (χ2v) is 6.93. The van der Waals surface area contributed by atoms with Crippen molar-refractivity contribution >= 4 is 11.9 Å². The van der Waals surface area contributed by atoms with Crippen LogP contribution in [0.2, 0.25) is 0 Å². The molecule has 3 atom stereocenters. The number of carbonyl (C=O) groups is 2. The van der Waals surface area contributed by atoms with Gasteiger partial charge in [-0.2, -0.15) is 0 Å². The number of likely N-dealkylation sites (tertiary alicyclic amines) is 1. The lowest BCUT2D eigenvalue weighted by atomic mass is 10.1. The first-order valence-electron chi connectivity index (χ1n) is 8.05. The van der Waals surface area contributed by atoms with E-state index in [2.05, 4.69) is 4.98 Å². The van der Waals surface area contributed by atoms with E-state index in [9.17, 15) is 9.59 Å². The molecule has 5 heteroatoms. The molecule has 0 aromatic carbocycles. The number of pyridine rings is 1. The lowest BCUT2D eigenvalue weighted by Crippen LogP contribution is -2.37. The molecule has 1 aliphatic heterocycles. The molecule has 3 fully saturated rings. The van der Waals surface area contributed by atoms with Crippen molar-refractivity contribution in [3.8, 4) is 0 Å². The maximum absolute atomic E-state index is 12.7. The third kappa shape index (κ3) is 2.19. The Kier molecular flexibility index (Phi) is 2.99. The van der Waals surface area contributed by atoms with E-state index < -0.39 is 5.97 Å². The predicted octanol–water partition coefficient (Wildman–Crippen LogP) is 2.06. The second-order valence-electron chi connectivity index (χ2n) is 6.93. The number of hydrogen-bond donors (Lipinski definition) is 1. The fourth-order valence-electron chi connectivity index (χ4n) is 3.86. The van der Waals surface area contributed by atoms with Crippen molar-refractivity contribution in [3.05, 3.63) is 29.1 Å². The van der Waals surface area contributed by atoms with Crippen LogP contribution in [-0.2, 0) is 4.79 Å². The van der Waals surface area contributed by atoms with Crippen LogP contribution in [0.1, 0.15) is 46.8 Å². The summed E-state index contributed by atoms with van der Waals surface area (Å²) in [6.07, 6.45) is 4.91. The maximum Gasteiger partial charge on any atom is 0.307 e. The Labute approximate surface area is 129 Å². The summed E-state index contributed by atoms with van der Waals surface area (Å²) in [7, 11) is 0. The first-order valence-corrected chi connectivity index (χ1v) is 8.05. The van der Waals surface area contributed by atoms with Gasteiger partial charge in [0.2, 0.25) is 0 Å². The fourth-order valence-corrected chi connectivity index (χ4v) is 3.86. The number of aromatic nitrogens is 1. The topological polar surface area (TPSA) is 70.5 Å². The monoisotopic (exact) mass is 300 g/mol. The van der Waals surface area contributed by atoms with Gasteiger partial charge in [0.25, 0.3) is 5.91 Å². The number of carbonyl (C=O) groups excluding carboxylic acids is 1. The molecule has 1 aromatic rings. The molecule has 3 aliphatic rings. The number of fused-ring (bicyclic) bond motifs is 1. The van der Waals surface area contributed by atoms with E-state index in [4.69, 9.17) is 5.11 Å². The minimum atomic E-state index is -0.712. The number of hydrogen-bond acceptors (Lipinski definition) is 3. The van der Waals surface area contributed by atoms with Gasteiger partial charge in [0, 0.05) is 30.9 Å². The maximum atomic E-state index is 12.7. The van der Waals surface area contributed by atoms with Gasteiger partial charge in [0.1, 0.15) is 0 Å². The summed E-state index contributed by atoms with van der Waals surface area (Å²) in [5, 5.41) is 9.15. The molecule has 0 radical (unpaired) electrons. The van der Waals surface area contributed by atoms with Crippen LogP contribution in [0.3, 0.4) is 0 Å². The Bertz CT molecular complexity index is 653. The molecule has 22 heavy (non-hydrogen) atoms. The van der Waals surface area contributed by atoms with E-state index in [0.717, 1.165) is 17.7 Å². The van der Waals surface area contributed by atoms with Crippen LogP contribution >= 0.6 is 0 Å². The van der Waals surface area contributed by atoms with Gasteiger partial charge in [-0.15, -0.1) is 0 Å². The molecule has 2 saturated carbocycles. The lowest BCUT2D eigenvalue weighted by molar-refractivity contribution is -0.139. The summed E-state index contributed by atoms with van der Waals surface area (Å²) in [6, 6.07) is 2.04. The average Bonchev–Trinajstić information content (AvgIpc) is 3.37. The number of rotatable bonds is 3. The number of piperidine rings is 1. The highest BCUT2D eigenvalue weighted by Crippen LogP contribution is 2.51. The van der Waals surface area contributed by atoms with Crippen molar-refractivity contribution in [2.45, 2.75) is 32.1 Å².